The number of nitrogens with two attached hydrogens (primary N) is 1. The van der Waals surface area contributed by atoms with E-state index < -0.39 is 0 Å². The Morgan fingerprint density at radius 3 is 3.00 bits per heavy atom. The van der Waals surface area contributed by atoms with Crippen LogP contribution in [0.3, 0.4) is 0 Å². The maximum absolute atomic E-state index is 12.4. The molecule has 0 bridgehead atoms. The smallest absolute Gasteiger partial charge is 0.242 e. The zero-order chi connectivity index (χ0) is 16.8. The largest absolute Gasteiger partial charge is 0.404 e. The predicted octanol–water partition coefficient (Wildman–Crippen LogP) is 2.27. The van der Waals surface area contributed by atoms with Crippen molar-refractivity contribution in [1.29, 1.82) is 5.41 Å². The number of halogens is 1. The number of carbonyl (C=O) groups excluding carboxylic acids is 1. The van der Waals surface area contributed by atoms with Gasteiger partial charge in [-0.1, -0.05) is 11.6 Å². The van der Waals surface area contributed by atoms with Crippen LogP contribution in [0.15, 0.2) is 30.1 Å². The van der Waals surface area contributed by atoms with E-state index >= 15 is 0 Å². The second kappa shape index (κ2) is 8.08. The van der Waals surface area contributed by atoms with Gasteiger partial charge < -0.3 is 16.5 Å². The van der Waals surface area contributed by atoms with Crippen LogP contribution in [-0.2, 0) is 4.79 Å². The average molecular weight is 336 g/mol. The Hall–Kier alpha value is -1.92. The van der Waals surface area contributed by atoms with E-state index in [-0.39, 0.29) is 17.9 Å². The van der Waals surface area contributed by atoms with E-state index in [2.05, 4.69) is 15.2 Å². The summed E-state index contributed by atoms with van der Waals surface area (Å²) < 4.78 is 0. The molecule has 1 saturated heterocycles. The molecule has 6 nitrogen and oxygen atoms in total. The molecule has 124 valence electrons. The number of hydrogen-bond donors (Lipinski definition) is 3. The van der Waals surface area contributed by atoms with Crippen LogP contribution >= 0.6 is 11.6 Å². The summed E-state index contributed by atoms with van der Waals surface area (Å²) >= 11 is 5.79. The number of piperidine rings is 1. The fourth-order valence-corrected chi connectivity index (χ4v) is 2.89. The number of nitrogens with one attached hydrogen (secondary N) is 2. The van der Waals surface area contributed by atoms with Gasteiger partial charge in [-0.3, -0.25) is 9.69 Å². The molecular weight excluding hydrogens is 314 g/mol. The van der Waals surface area contributed by atoms with Gasteiger partial charge >= 0.3 is 0 Å². The van der Waals surface area contributed by atoms with Crippen LogP contribution < -0.4 is 11.1 Å². The Morgan fingerprint density at radius 2 is 2.39 bits per heavy atom. The third-order valence-corrected chi connectivity index (χ3v) is 4.41. The van der Waals surface area contributed by atoms with Crippen LogP contribution in [0, 0.1) is 11.3 Å². The fraction of sp³-hybridized carbons (Fsp3) is 0.438. The third kappa shape index (κ3) is 4.53. The second-order valence-electron chi connectivity index (χ2n) is 5.67. The molecule has 1 aliphatic heterocycles. The molecule has 1 fully saturated rings. The van der Waals surface area contributed by atoms with Crippen molar-refractivity contribution in [3.63, 3.8) is 0 Å². The van der Waals surface area contributed by atoms with Gasteiger partial charge in [0.25, 0.3) is 0 Å². The van der Waals surface area contributed by atoms with Crippen molar-refractivity contribution in [1.82, 2.24) is 9.88 Å². The number of hydrogen-bond acceptors (Lipinski definition) is 5. The molecule has 1 aromatic heterocycles. The van der Waals surface area contributed by atoms with Crippen molar-refractivity contribution in [2.24, 2.45) is 11.7 Å². The number of likely N-dealkylation sites (tertiary alicyclic amines) is 1. The molecule has 2 atom stereocenters. The summed E-state index contributed by atoms with van der Waals surface area (Å²) in [5.74, 6) is 0.589. The second-order valence-corrected chi connectivity index (χ2v) is 6.11. The third-order valence-electron chi connectivity index (χ3n) is 4.19. The normalized spacial score (nSPS) is 20.8. The lowest BCUT2D eigenvalue weighted by atomic mass is 9.90. The summed E-state index contributed by atoms with van der Waals surface area (Å²) in [4.78, 5) is 18.6. The number of aromatic nitrogens is 1. The number of carbonyl (C=O) groups is 1. The first kappa shape index (κ1) is 17.4. The van der Waals surface area contributed by atoms with Crippen LogP contribution in [0.4, 0.5) is 5.82 Å². The number of nitrogens with zero attached hydrogens (tertiary/aromatic N) is 2. The molecule has 0 unspecified atom stereocenters. The van der Waals surface area contributed by atoms with Gasteiger partial charge in [0, 0.05) is 19.0 Å². The molecule has 0 saturated carbocycles. The van der Waals surface area contributed by atoms with Gasteiger partial charge in [-0.25, -0.2) is 4.98 Å². The molecule has 2 rings (SSSR count). The quantitative estimate of drug-likeness (QED) is 0.719. The van der Waals surface area contributed by atoms with Crippen LogP contribution in [0.2, 0.25) is 5.02 Å². The van der Waals surface area contributed by atoms with E-state index in [0.717, 1.165) is 31.5 Å². The van der Waals surface area contributed by atoms with Crippen molar-refractivity contribution >= 4 is 29.5 Å². The van der Waals surface area contributed by atoms with Gasteiger partial charge in [-0.15, -0.1) is 0 Å². The summed E-state index contributed by atoms with van der Waals surface area (Å²) in [6.07, 6.45) is 6.26. The van der Waals surface area contributed by atoms with Crippen molar-refractivity contribution in [3.8, 4) is 0 Å². The molecular formula is C16H22ClN5O. The molecule has 0 spiro atoms. The first-order valence-electron chi connectivity index (χ1n) is 7.64. The lowest BCUT2D eigenvalue weighted by Crippen LogP contribution is -2.47. The lowest BCUT2D eigenvalue weighted by Gasteiger charge is -2.36. The van der Waals surface area contributed by atoms with Crippen LogP contribution in [0.5, 0.6) is 0 Å². The minimum absolute atomic E-state index is 0.103. The Morgan fingerprint density at radius 1 is 1.61 bits per heavy atom. The monoisotopic (exact) mass is 335 g/mol. The molecule has 1 amide bonds. The van der Waals surface area contributed by atoms with Gasteiger partial charge in [0.15, 0.2) is 0 Å². The summed E-state index contributed by atoms with van der Waals surface area (Å²) in [6.45, 7) is 3.46. The summed E-state index contributed by atoms with van der Waals surface area (Å²) in [5, 5.41) is 10.8. The zero-order valence-corrected chi connectivity index (χ0v) is 13.9. The minimum Gasteiger partial charge on any atom is -0.404 e. The molecule has 4 N–H and O–H groups in total. The van der Waals surface area contributed by atoms with E-state index in [1.807, 2.05) is 6.92 Å². The topological polar surface area (TPSA) is 95.1 Å². The molecule has 1 aromatic rings. The maximum atomic E-state index is 12.4. The minimum atomic E-state index is -0.278. The highest BCUT2D eigenvalue weighted by Gasteiger charge is 2.28. The van der Waals surface area contributed by atoms with Gasteiger partial charge in [0.1, 0.15) is 5.82 Å². The van der Waals surface area contributed by atoms with Crippen LogP contribution in [0.1, 0.15) is 19.8 Å². The Bertz CT molecular complexity index is 587. The van der Waals surface area contributed by atoms with Crippen molar-refractivity contribution in [2.75, 3.05) is 18.4 Å². The van der Waals surface area contributed by atoms with E-state index in [1.165, 1.54) is 18.6 Å². The van der Waals surface area contributed by atoms with E-state index in [1.54, 1.807) is 12.1 Å². The van der Waals surface area contributed by atoms with Crippen molar-refractivity contribution < 1.29 is 4.79 Å². The highest BCUT2D eigenvalue weighted by molar-refractivity contribution is 6.30. The number of anilines is 1. The standard InChI is InChI=1S/C16H22ClN5O/c1-11(16(23)21-15-5-4-14(17)9-20-15)22-6-2-3-12(10-22)13(7-18)8-19/h4-5,7-9,11-12,18H,2-3,6,10,19H2,1H3,(H,20,21,23)/b13-8+,18-7?/t11-,12+/m0/s1. The predicted molar refractivity (Wildman–Crippen MR) is 92.7 cm³/mol. The lowest BCUT2D eigenvalue weighted by molar-refractivity contribution is -0.121. The zero-order valence-electron chi connectivity index (χ0n) is 13.1. The highest BCUT2D eigenvalue weighted by Crippen LogP contribution is 2.24. The van der Waals surface area contributed by atoms with E-state index in [9.17, 15) is 4.79 Å². The molecule has 0 aromatic carbocycles. The summed E-state index contributed by atoms with van der Waals surface area (Å²) in [6, 6.07) is 3.09. The number of amides is 1. The summed E-state index contributed by atoms with van der Waals surface area (Å²) in [5.41, 5.74) is 6.40. The van der Waals surface area contributed by atoms with Crippen LogP contribution in [-0.4, -0.2) is 41.1 Å². The van der Waals surface area contributed by atoms with Crippen molar-refractivity contribution in [3.05, 3.63) is 35.1 Å². The summed E-state index contributed by atoms with van der Waals surface area (Å²) in [7, 11) is 0. The molecule has 7 heteroatoms. The molecule has 0 radical (unpaired) electrons. The Kier molecular flexibility index (Phi) is 6.12. The Balaban J connectivity index is 1.98. The number of pyridine rings is 1. The molecule has 23 heavy (non-hydrogen) atoms. The van der Waals surface area contributed by atoms with Gasteiger partial charge in [0.2, 0.25) is 5.91 Å². The van der Waals surface area contributed by atoms with E-state index in [0.29, 0.717) is 10.8 Å². The van der Waals surface area contributed by atoms with Gasteiger partial charge in [-0.2, -0.15) is 0 Å². The molecule has 0 aliphatic carbocycles. The Labute approximate surface area is 141 Å². The first-order chi connectivity index (χ1) is 11.0. The highest BCUT2D eigenvalue weighted by atomic mass is 35.5. The average Bonchev–Trinajstić information content (AvgIpc) is 2.57. The fourth-order valence-electron chi connectivity index (χ4n) is 2.78. The molecule has 2 heterocycles. The van der Waals surface area contributed by atoms with Crippen molar-refractivity contribution in [2.45, 2.75) is 25.8 Å². The first-order valence-corrected chi connectivity index (χ1v) is 8.01. The van der Waals surface area contributed by atoms with Gasteiger partial charge in [-0.05, 0) is 56.1 Å². The number of rotatable bonds is 5. The molecule has 1 aliphatic rings. The van der Waals surface area contributed by atoms with Crippen LogP contribution in [0.25, 0.3) is 0 Å². The van der Waals surface area contributed by atoms with E-state index in [4.69, 9.17) is 22.7 Å². The van der Waals surface area contributed by atoms with Gasteiger partial charge in [0.05, 0.1) is 11.1 Å². The maximum Gasteiger partial charge on any atom is 0.242 e. The SMILES string of the molecule is C[C@@H](C(=O)Nc1ccc(Cl)cn1)N1CCC[C@@H](/C(C=N)=C/N)C1.